The Kier molecular flexibility index (Phi) is 6.37. The molecular formula is C21H31N3O3. The van der Waals surface area contributed by atoms with E-state index in [0.717, 1.165) is 45.0 Å². The number of piperazine rings is 1. The number of nitrogens with zero attached hydrogens (tertiary/aromatic N) is 3. The monoisotopic (exact) mass is 373 g/mol. The lowest BCUT2D eigenvalue weighted by Crippen LogP contribution is -2.50. The summed E-state index contributed by atoms with van der Waals surface area (Å²) in [6, 6.07) is 8.14. The van der Waals surface area contributed by atoms with Crippen LogP contribution in [0.4, 0.5) is 0 Å². The van der Waals surface area contributed by atoms with Crippen LogP contribution in [0.15, 0.2) is 24.3 Å². The first-order valence-electron chi connectivity index (χ1n) is 9.88. The number of benzene rings is 1. The van der Waals surface area contributed by atoms with Gasteiger partial charge < -0.3 is 14.5 Å². The highest BCUT2D eigenvalue weighted by Gasteiger charge is 2.37. The molecule has 2 amide bonds. The second-order valence-electron chi connectivity index (χ2n) is 8.04. The number of hydrogen-bond acceptors (Lipinski definition) is 4. The van der Waals surface area contributed by atoms with E-state index in [-0.39, 0.29) is 17.7 Å². The third kappa shape index (κ3) is 5.01. The van der Waals surface area contributed by atoms with Crippen molar-refractivity contribution in [2.75, 3.05) is 46.4 Å². The standard InChI is InChI=1S/C21H31N3O3/c1-16(2)13-24-15-18(12-20(24)25)21(26)23-10-8-22(9-11-23)14-17-4-6-19(27-3)7-5-17/h4-7,16,18H,8-15H2,1-3H3/t18-/m0/s1. The largest absolute Gasteiger partial charge is 0.497 e. The van der Waals surface area contributed by atoms with Gasteiger partial charge in [-0.25, -0.2) is 0 Å². The van der Waals surface area contributed by atoms with Gasteiger partial charge in [-0.3, -0.25) is 14.5 Å². The molecule has 2 aliphatic heterocycles. The fraction of sp³-hybridized carbons (Fsp3) is 0.619. The molecule has 6 nitrogen and oxygen atoms in total. The van der Waals surface area contributed by atoms with Gasteiger partial charge in [0.25, 0.3) is 0 Å². The van der Waals surface area contributed by atoms with Crippen LogP contribution < -0.4 is 4.74 Å². The topological polar surface area (TPSA) is 53.1 Å². The molecule has 2 fully saturated rings. The molecule has 148 valence electrons. The summed E-state index contributed by atoms with van der Waals surface area (Å²) in [6.45, 7) is 9.64. The van der Waals surface area contributed by atoms with Gasteiger partial charge in [-0.15, -0.1) is 0 Å². The Labute approximate surface area is 162 Å². The van der Waals surface area contributed by atoms with Crippen LogP contribution in [0.2, 0.25) is 0 Å². The minimum absolute atomic E-state index is 0.125. The smallest absolute Gasteiger partial charge is 0.228 e. The summed E-state index contributed by atoms with van der Waals surface area (Å²) in [7, 11) is 1.67. The first kappa shape index (κ1) is 19.7. The molecule has 3 rings (SSSR count). The average Bonchev–Trinajstić information content (AvgIpc) is 3.02. The number of amides is 2. The summed E-state index contributed by atoms with van der Waals surface area (Å²) >= 11 is 0. The van der Waals surface area contributed by atoms with Gasteiger partial charge in [0.05, 0.1) is 13.0 Å². The Bertz CT molecular complexity index is 651. The summed E-state index contributed by atoms with van der Waals surface area (Å²) in [6.07, 6.45) is 0.373. The number of carbonyl (C=O) groups is 2. The summed E-state index contributed by atoms with van der Waals surface area (Å²) in [5.74, 6) is 1.42. The van der Waals surface area contributed by atoms with Crippen LogP contribution in [0.3, 0.4) is 0 Å². The quantitative estimate of drug-likeness (QED) is 0.764. The van der Waals surface area contributed by atoms with E-state index in [9.17, 15) is 9.59 Å². The van der Waals surface area contributed by atoms with Crippen molar-refractivity contribution < 1.29 is 14.3 Å². The van der Waals surface area contributed by atoms with E-state index >= 15 is 0 Å². The highest BCUT2D eigenvalue weighted by Crippen LogP contribution is 2.22. The molecule has 0 aliphatic carbocycles. The van der Waals surface area contributed by atoms with Crippen molar-refractivity contribution in [2.24, 2.45) is 11.8 Å². The van der Waals surface area contributed by atoms with Crippen molar-refractivity contribution in [1.29, 1.82) is 0 Å². The van der Waals surface area contributed by atoms with Crippen LogP contribution in [0.5, 0.6) is 5.75 Å². The van der Waals surface area contributed by atoms with Gasteiger partial charge in [0.1, 0.15) is 5.75 Å². The zero-order valence-corrected chi connectivity index (χ0v) is 16.7. The van der Waals surface area contributed by atoms with Gasteiger partial charge in [-0.1, -0.05) is 26.0 Å². The number of methoxy groups -OCH3 is 1. The number of rotatable bonds is 6. The van der Waals surface area contributed by atoms with Crippen LogP contribution >= 0.6 is 0 Å². The Balaban J connectivity index is 1.47. The van der Waals surface area contributed by atoms with Crippen LogP contribution in [0.25, 0.3) is 0 Å². The molecule has 0 radical (unpaired) electrons. The first-order valence-corrected chi connectivity index (χ1v) is 9.88. The highest BCUT2D eigenvalue weighted by atomic mass is 16.5. The maximum atomic E-state index is 12.8. The van der Waals surface area contributed by atoms with Crippen molar-refractivity contribution in [3.63, 3.8) is 0 Å². The Morgan fingerprint density at radius 2 is 1.81 bits per heavy atom. The third-order valence-electron chi connectivity index (χ3n) is 5.40. The molecule has 6 heteroatoms. The zero-order valence-electron chi connectivity index (χ0n) is 16.7. The second kappa shape index (κ2) is 8.74. The van der Waals surface area contributed by atoms with Crippen molar-refractivity contribution >= 4 is 11.8 Å². The summed E-state index contributed by atoms with van der Waals surface area (Å²) in [5, 5.41) is 0. The van der Waals surface area contributed by atoms with Crippen molar-refractivity contribution in [3.05, 3.63) is 29.8 Å². The van der Waals surface area contributed by atoms with E-state index in [1.54, 1.807) is 7.11 Å². The van der Waals surface area contributed by atoms with E-state index < -0.39 is 0 Å². The van der Waals surface area contributed by atoms with Gasteiger partial charge in [0.15, 0.2) is 0 Å². The molecule has 2 aliphatic rings. The molecule has 1 aromatic carbocycles. The van der Waals surface area contributed by atoms with E-state index in [0.29, 0.717) is 18.9 Å². The molecule has 1 atom stereocenters. The Morgan fingerprint density at radius 1 is 1.15 bits per heavy atom. The molecule has 2 saturated heterocycles. The van der Waals surface area contributed by atoms with Gasteiger partial charge in [0, 0.05) is 52.2 Å². The van der Waals surface area contributed by atoms with E-state index in [4.69, 9.17) is 4.74 Å². The zero-order chi connectivity index (χ0) is 19.4. The van der Waals surface area contributed by atoms with Crippen molar-refractivity contribution in [2.45, 2.75) is 26.8 Å². The Hall–Kier alpha value is -2.08. The predicted octanol–water partition coefficient (Wildman–Crippen LogP) is 1.84. The molecule has 0 unspecified atom stereocenters. The summed E-state index contributed by atoms with van der Waals surface area (Å²) in [5.41, 5.74) is 1.25. The fourth-order valence-corrected chi connectivity index (χ4v) is 3.93. The van der Waals surface area contributed by atoms with Gasteiger partial charge in [0.2, 0.25) is 11.8 Å². The number of likely N-dealkylation sites (tertiary alicyclic amines) is 1. The lowest BCUT2D eigenvalue weighted by Gasteiger charge is -2.36. The molecule has 0 spiro atoms. The lowest BCUT2D eigenvalue weighted by molar-refractivity contribution is -0.137. The summed E-state index contributed by atoms with van der Waals surface area (Å²) in [4.78, 5) is 31.1. The van der Waals surface area contributed by atoms with Crippen LogP contribution in [-0.2, 0) is 16.1 Å². The van der Waals surface area contributed by atoms with E-state index in [1.165, 1.54) is 5.56 Å². The van der Waals surface area contributed by atoms with Crippen LogP contribution in [0, 0.1) is 11.8 Å². The van der Waals surface area contributed by atoms with Gasteiger partial charge >= 0.3 is 0 Å². The summed E-state index contributed by atoms with van der Waals surface area (Å²) < 4.78 is 5.20. The van der Waals surface area contributed by atoms with E-state index in [2.05, 4.69) is 30.9 Å². The minimum Gasteiger partial charge on any atom is -0.497 e. The molecule has 0 saturated carbocycles. The fourth-order valence-electron chi connectivity index (χ4n) is 3.93. The SMILES string of the molecule is COc1ccc(CN2CCN(C(=O)[C@H]3CC(=O)N(CC(C)C)C3)CC2)cc1. The lowest BCUT2D eigenvalue weighted by atomic mass is 10.1. The normalized spacial score (nSPS) is 21.2. The van der Waals surface area contributed by atoms with Crippen molar-refractivity contribution in [3.8, 4) is 5.75 Å². The van der Waals surface area contributed by atoms with E-state index in [1.807, 2.05) is 21.9 Å². The maximum Gasteiger partial charge on any atom is 0.228 e. The second-order valence-corrected chi connectivity index (χ2v) is 8.04. The molecule has 1 aromatic rings. The number of ether oxygens (including phenoxy) is 1. The third-order valence-corrected chi connectivity index (χ3v) is 5.40. The molecule has 2 heterocycles. The van der Waals surface area contributed by atoms with Gasteiger partial charge in [-0.05, 0) is 23.6 Å². The predicted molar refractivity (Wildman–Crippen MR) is 104 cm³/mol. The maximum absolute atomic E-state index is 12.8. The van der Waals surface area contributed by atoms with Crippen molar-refractivity contribution in [1.82, 2.24) is 14.7 Å². The van der Waals surface area contributed by atoms with Gasteiger partial charge in [-0.2, -0.15) is 0 Å². The van der Waals surface area contributed by atoms with Crippen LogP contribution in [0.1, 0.15) is 25.8 Å². The molecule has 0 aromatic heterocycles. The molecular weight excluding hydrogens is 342 g/mol. The first-order chi connectivity index (χ1) is 13.0. The number of carbonyl (C=O) groups excluding carboxylic acids is 2. The highest BCUT2D eigenvalue weighted by molar-refractivity contribution is 5.89. The minimum atomic E-state index is -0.163. The average molecular weight is 373 g/mol. The molecule has 27 heavy (non-hydrogen) atoms. The molecule has 0 bridgehead atoms. The Morgan fingerprint density at radius 3 is 2.41 bits per heavy atom. The molecule has 0 N–H and O–H groups in total. The van der Waals surface area contributed by atoms with Crippen LogP contribution in [-0.4, -0.2) is 72.9 Å². The number of hydrogen-bond donors (Lipinski definition) is 0.